The van der Waals surface area contributed by atoms with Gasteiger partial charge in [-0.1, -0.05) is 48.5 Å². The summed E-state index contributed by atoms with van der Waals surface area (Å²) in [7, 11) is 0. The molecule has 0 unspecified atom stereocenters. The summed E-state index contributed by atoms with van der Waals surface area (Å²) in [6.07, 6.45) is 0. The van der Waals surface area contributed by atoms with Gasteiger partial charge in [0.1, 0.15) is 0 Å². The Labute approximate surface area is 112 Å². The van der Waals surface area contributed by atoms with E-state index in [9.17, 15) is 9.90 Å². The number of amides is 1. The van der Waals surface area contributed by atoms with Gasteiger partial charge >= 0.3 is 0 Å². The van der Waals surface area contributed by atoms with Crippen LogP contribution in [0, 0.1) is 0 Å². The Morgan fingerprint density at radius 3 is 2.37 bits per heavy atom. The molecule has 0 spiro atoms. The van der Waals surface area contributed by atoms with Gasteiger partial charge in [0.2, 0.25) is 0 Å². The second-order valence-electron chi connectivity index (χ2n) is 4.63. The first kappa shape index (κ1) is 11.9. The maximum atomic E-state index is 12.4. The third-order valence-electron chi connectivity index (χ3n) is 3.66. The molecule has 1 aliphatic rings. The van der Waals surface area contributed by atoms with Crippen LogP contribution in [0.1, 0.15) is 28.4 Å². The lowest BCUT2D eigenvalue weighted by Gasteiger charge is -2.34. The van der Waals surface area contributed by atoms with Crippen LogP contribution in [0.15, 0.2) is 54.6 Å². The van der Waals surface area contributed by atoms with Gasteiger partial charge in [0.25, 0.3) is 5.91 Å². The van der Waals surface area contributed by atoms with Gasteiger partial charge in [-0.3, -0.25) is 4.79 Å². The Hall–Kier alpha value is -2.13. The van der Waals surface area contributed by atoms with Gasteiger partial charge in [0, 0.05) is 23.2 Å². The highest BCUT2D eigenvalue weighted by Crippen LogP contribution is 2.41. The SMILES string of the molecule is CCN1C(=O)c2ccccc2[C@]1(O)c1ccccc1. The summed E-state index contributed by atoms with van der Waals surface area (Å²) < 4.78 is 0. The zero-order valence-electron chi connectivity index (χ0n) is 10.7. The smallest absolute Gasteiger partial charge is 0.257 e. The van der Waals surface area contributed by atoms with Crippen LogP contribution in [-0.4, -0.2) is 22.5 Å². The standard InChI is InChI=1S/C16H15NO2/c1-2-17-15(18)13-10-6-7-11-14(13)16(17,19)12-8-4-3-5-9-12/h3-11,19H,2H2,1H3/t16-/m1/s1. The Kier molecular flexibility index (Phi) is 2.64. The lowest BCUT2D eigenvalue weighted by Crippen LogP contribution is -2.44. The summed E-state index contributed by atoms with van der Waals surface area (Å²) in [5.74, 6) is -0.121. The number of rotatable bonds is 2. The molecule has 2 aromatic carbocycles. The van der Waals surface area contributed by atoms with Gasteiger partial charge in [-0.15, -0.1) is 0 Å². The number of aliphatic hydroxyl groups is 1. The van der Waals surface area contributed by atoms with E-state index in [-0.39, 0.29) is 5.91 Å². The van der Waals surface area contributed by atoms with Gasteiger partial charge in [-0.2, -0.15) is 0 Å². The Balaban J connectivity index is 2.27. The molecule has 3 heteroatoms. The Morgan fingerprint density at radius 2 is 1.68 bits per heavy atom. The molecule has 0 aliphatic carbocycles. The molecule has 0 radical (unpaired) electrons. The number of hydrogen-bond acceptors (Lipinski definition) is 2. The van der Waals surface area contributed by atoms with E-state index in [0.29, 0.717) is 17.7 Å². The molecule has 0 bridgehead atoms. The summed E-state index contributed by atoms with van der Waals surface area (Å²) >= 11 is 0. The molecule has 0 saturated carbocycles. The van der Waals surface area contributed by atoms with Crippen molar-refractivity contribution in [3.63, 3.8) is 0 Å². The van der Waals surface area contributed by atoms with E-state index in [1.807, 2.05) is 55.5 Å². The van der Waals surface area contributed by atoms with Gasteiger partial charge in [-0.25, -0.2) is 0 Å². The minimum Gasteiger partial charge on any atom is -0.363 e. The molecular weight excluding hydrogens is 238 g/mol. The quantitative estimate of drug-likeness (QED) is 0.892. The first-order valence-corrected chi connectivity index (χ1v) is 6.39. The summed E-state index contributed by atoms with van der Waals surface area (Å²) in [5, 5.41) is 11.2. The topological polar surface area (TPSA) is 40.5 Å². The predicted molar refractivity (Wildman–Crippen MR) is 72.6 cm³/mol. The fraction of sp³-hybridized carbons (Fsp3) is 0.188. The normalized spacial score (nSPS) is 21.6. The molecule has 1 heterocycles. The van der Waals surface area contributed by atoms with Crippen molar-refractivity contribution in [1.29, 1.82) is 0 Å². The van der Waals surface area contributed by atoms with E-state index in [1.54, 1.807) is 6.07 Å². The van der Waals surface area contributed by atoms with Gasteiger partial charge in [0.05, 0.1) is 0 Å². The molecule has 3 rings (SSSR count). The van der Waals surface area contributed by atoms with Crippen molar-refractivity contribution >= 4 is 5.91 Å². The maximum Gasteiger partial charge on any atom is 0.257 e. The van der Waals surface area contributed by atoms with Crippen LogP contribution in [0.25, 0.3) is 0 Å². The van der Waals surface area contributed by atoms with Crippen LogP contribution in [0.3, 0.4) is 0 Å². The maximum absolute atomic E-state index is 12.4. The fourth-order valence-electron chi connectivity index (χ4n) is 2.77. The Bertz CT molecular complexity index is 624. The summed E-state index contributed by atoms with van der Waals surface area (Å²) in [4.78, 5) is 13.9. The molecule has 1 amide bonds. The van der Waals surface area contributed by atoms with Crippen molar-refractivity contribution in [2.75, 3.05) is 6.54 Å². The molecule has 2 aromatic rings. The predicted octanol–water partition coefficient (Wildman–Crippen LogP) is 2.36. The van der Waals surface area contributed by atoms with Crippen LogP contribution in [0.5, 0.6) is 0 Å². The molecule has 96 valence electrons. The number of nitrogens with zero attached hydrogens (tertiary/aromatic N) is 1. The first-order chi connectivity index (χ1) is 9.19. The van der Waals surface area contributed by atoms with E-state index in [4.69, 9.17) is 0 Å². The molecule has 19 heavy (non-hydrogen) atoms. The van der Waals surface area contributed by atoms with Crippen molar-refractivity contribution in [3.05, 3.63) is 71.3 Å². The zero-order chi connectivity index (χ0) is 13.5. The van der Waals surface area contributed by atoms with Crippen LogP contribution >= 0.6 is 0 Å². The molecule has 0 aromatic heterocycles. The zero-order valence-corrected chi connectivity index (χ0v) is 10.7. The van der Waals surface area contributed by atoms with E-state index < -0.39 is 5.72 Å². The van der Waals surface area contributed by atoms with Gasteiger partial charge < -0.3 is 10.0 Å². The monoisotopic (exact) mass is 253 g/mol. The Morgan fingerprint density at radius 1 is 1.05 bits per heavy atom. The summed E-state index contributed by atoms with van der Waals surface area (Å²) in [6.45, 7) is 2.33. The molecule has 1 aliphatic heterocycles. The number of carbonyl (C=O) groups excluding carboxylic acids is 1. The number of fused-ring (bicyclic) bond motifs is 1. The van der Waals surface area contributed by atoms with E-state index in [2.05, 4.69) is 0 Å². The lowest BCUT2D eigenvalue weighted by molar-refractivity contribution is -0.0474. The molecular formula is C16H15NO2. The van der Waals surface area contributed by atoms with Crippen LogP contribution in [-0.2, 0) is 5.72 Å². The lowest BCUT2D eigenvalue weighted by atomic mass is 9.94. The van der Waals surface area contributed by atoms with E-state index in [0.717, 1.165) is 5.56 Å². The summed E-state index contributed by atoms with van der Waals surface area (Å²) in [6, 6.07) is 16.6. The average molecular weight is 253 g/mol. The molecule has 0 saturated heterocycles. The molecule has 3 nitrogen and oxygen atoms in total. The number of carbonyl (C=O) groups is 1. The van der Waals surface area contributed by atoms with Crippen molar-refractivity contribution in [1.82, 2.24) is 4.90 Å². The first-order valence-electron chi connectivity index (χ1n) is 6.39. The van der Waals surface area contributed by atoms with Crippen molar-refractivity contribution < 1.29 is 9.90 Å². The van der Waals surface area contributed by atoms with Crippen molar-refractivity contribution in [3.8, 4) is 0 Å². The average Bonchev–Trinajstić information content (AvgIpc) is 2.70. The highest BCUT2D eigenvalue weighted by Gasteiger charge is 2.48. The van der Waals surface area contributed by atoms with Crippen LogP contribution < -0.4 is 0 Å². The van der Waals surface area contributed by atoms with E-state index >= 15 is 0 Å². The second kappa shape index (κ2) is 4.21. The minimum atomic E-state index is -1.36. The third-order valence-corrected chi connectivity index (χ3v) is 3.66. The highest BCUT2D eigenvalue weighted by atomic mass is 16.3. The largest absolute Gasteiger partial charge is 0.363 e. The minimum absolute atomic E-state index is 0.121. The van der Waals surface area contributed by atoms with Crippen molar-refractivity contribution in [2.24, 2.45) is 0 Å². The fourth-order valence-corrected chi connectivity index (χ4v) is 2.77. The molecule has 1 atom stereocenters. The van der Waals surface area contributed by atoms with Gasteiger partial charge in [-0.05, 0) is 13.0 Å². The number of hydrogen-bond donors (Lipinski definition) is 1. The second-order valence-corrected chi connectivity index (χ2v) is 4.63. The van der Waals surface area contributed by atoms with Gasteiger partial charge in [0.15, 0.2) is 5.72 Å². The van der Waals surface area contributed by atoms with Crippen LogP contribution in [0.4, 0.5) is 0 Å². The van der Waals surface area contributed by atoms with Crippen molar-refractivity contribution in [2.45, 2.75) is 12.6 Å². The van der Waals surface area contributed by atoms with Crippen LogP contribution in [0.2, 0.25) is 0 Å². The molecule has 0 fully saturated rings. The van der Waals surface area contributed by atoms with E-state index in [1.165, 1.54) is 4.90 Å². The highest BCUT2D eigenvalue weighted by molar-refractivity contribution is 6.00. The summed E-state index contributed by atoms with van der Waals surface area (Å²) in [5.41, 5.74) is 0.600. The number of benzene rings is 2. The third kappa shape index (κ3) is 1.52. The molecule has 1 N–H and O–H groups in total.